The molecule has 8 nitrogen and oxygen atoms in total. The molecule has 1 aromatic rings. The summed E-state index contributed by atoms with van der Waals surface area (Å²) in [5.74, 6) is 0.206. The molecule has 116 valence electrons. The average Bonchev–Trinajstić information content (AvgIpc) is 2.50. The van der Waals surface area contributed by atoms with Crippen molar-refractivity contribution in [3.05, 3.63) is 27.8 Å². The monoisotopic (exact) mass is 297 g/mol. The van der Waals surface area contributed by atoms with E-state index in [1.807, 2.05) is 6.92 Å². The van der Waals surface area contributed by atoms with Crippen molar-refractivity contribution >= 4 is 11.6 Å². The zero-order chi connectivity index (χ0) is 16.0. The van der Waals surface area contributed by atoms with E-state index in [1.54, 1.807) is 7.05 Å². The van der Waals surface area contributed by atoms with Crippen molar-refractivity contribution in [2.45, 2.75) is 13.5 Å². The number of methoxy groups -OCH3 is 1. The minimum Gasteiger partial charge on any atom is -0.493 e. The molecule has 0 unspecified atom stereocenters. The van der Waals surface area contributed by atoms with Gasteiger partial charge in [0.2, 0.25) is 0 Å². The summed E-state index contributed by atoms with van der Waals surface area (Å²) in [6, 6.07) is 2.67. The summed E-state index contributed by atoms with van der Waals surface area (Å²) in [5.41, 5.74) is 5.65. The second-order valence-electron chi connectivity index (χ2n) is 4.29. The number of hydrogen-bond donors (Lipinski definition) is 1. The van der Waals surface area contributed by atoms with Crippen LogP contribution in [0.2, 0.25) is 0 Å². The molecule has 21 heavy (non-hydrogen) atoms. The van der Waals surface area contributed by atoms with Gasteiger partial charge in [-0.15, -0.1) is 0 Å². The van der Waals surface area contributed by atoms with Crippen molar-refractivity contribution in [3.8, 4) is 11.5 Å². The van der Waals surface area contributed by atoms with Crippen LogP contribution in [0.3, 0.4) is 0 Å². The summed E-state index contributed by atoms with van der Waals surface area (Å²) in [6.45, 7) is 2.16. The number of likely N-dealkylation sites (N-methyl/N-ethyl adjacent to an activating group) is 1. The third-order valence-electron chi connectivity index (χ3n) is 3.03. The number of nitrogens with two attached hydrogens (primary N) is 1. The van der Waals surface area contributed by atoms with E-state index in [0.29, 0.717) is 17.9 Å². The molecule has 0 saturated heterocycles. The van der Waals surface area contributed by atoms with Gasteiger partial charge >= 0.3 is 0 Å². The largest absolute Gasteiger partial charge is 0.493 e. The quantitative estimate of drug-likeness (QED) is 0.592. The number of ether oxygens (including phenoxy) is 2. The highest BCUT2D eigenvalue weighted by molar-refractivity contribution is 5.77. The summed E-state index contributed by atoms with van der Waals surface area (Å²) in [5, 5.41) is 11.0. The molecule has 1 amide bonds. The zero-order valence-corrected chi connectivity index (χ0v) is 12.3. The smallest absolute Gasteiger partial charge is 0.277 e. The van der Waals surface area contributed by atoms with Crippen LogP contribution in [0.5, 0.6) is 11.5 Å². The van der Waals surface area contributed by atoms with E-state index < -0.39 is 4.92 Å². The Morgan fingerprint density at radius 1 is 1.43 bits per heavy atom. The van der Waals surface area contributed by atoms with Gasteiger partial charge in [0.25, 0.3) is 11.6 Å². The molecule has 0 saturated carbocycles. The van der Waals surface area contributed by atoms with Gasteiger partial charge < -0.3 is 20.1 Å². The highest BCUT2D eigenvalue weighted by Gasteiger charge is 2.19. The van der Waals surface area contributed by atoms with Crippen molar-refractivity contribution < 1.29 is 19.2 Å². The Balaban J connectivity index is 3.02. The molecule has 1 rings (SSSR count). The Bertz CT molecular complexity index is 533. The van der Waals surface area contributed by atoms with Crippen LogP contribution in [-0.4, -0.2) is 43.0 Å². The van der Waals surface area contributed by atoms with Crippen LogP contribution in [0.1, 0.15) is 12.5 Å². The number of amides is 1. The normalized spacial score (nSPS) is 10.1. The van der Waals surface area contributed by atoms with Gasteiger partial charge in [-0.1, -0.05) is 0 Å². The van der Waals surface area contributed by atoms with Crippen molar-refractivity contribution in [2.75, 3.05) is 27.3 Å². The summed E-state index contributed by atoms with van der Waals surface area (Å²) in [6.07, 6.45) is 0. The maximum absolute atomic E-state index is 11.7. The van der Waals surface area contributed by atoms with E-state index in [9.17, 15) is 14.9 Å². The van der Waals surface area contributed by atoms with Crippen LogP contribution >= 0.6 is 0 Å². The third-order valence-corrected chi connectivity index (χ3v) is 3.03. The lowest BCUT2D eigenvalue weighted by Crippen LogP contribution is -2.31. The van der Waals surface area contributed by atoms with Gasteiger partial charge in [-0.3, -0.25) is 14.9 Å². The molecule has 0 aliphatic heterocycles. The fraction of sp³-hybridized carbons (Fsp3) is 0.462. The first-order valence-corrected chi connectivity index (χ1v) is 6.36. The Labute approximate surface area is 122 Å². The Morgan fingerprint density at radius 3 is 2.57 bits per heavy atom. The number of carbonyl (C=O) groups excluding carboxylic acids is 1. The number of rotatable bonds is 7. The number of benzene rings is 1. The highest BCUT2D eigenvalue weighted by atomic mass is 16.6. The molecular formula is C13H19N3O5. The number of carbonyl (C=O) groups is 1. The van der Waals surface area contributed by atoms with Crippen LogP contribution in [0, 0.1) is 10.1 Å². The Morgan fingerprint density at radius 2 is 2.10 bits per heavy atom. The number of nitro groups is 1. The maximum Gasteiger partial charge on any atom is 0.277 e. The van der Waals surface area contributed by atoms with E-state index in [0.717, 1.165) is 0 Å². The molecule has 0 radical (unpaired) electrons. The number of hydrogen-bond acceptors (Lipinski definition) is 6. The van der Waals surface area contributed by atoms with Gasteiger partial charge in [0, 0.05) is 25.7 Å². The molecule has 0 aliphatic rings. The van der Waals surface area contributed by atoms with Crippen LogP contribution in [0.25, 0.3) is 0 Å². The average molecular weight is 297 g/mol. The molecule has 0 fully saturated rings. The predicted octanol–water partition coefficient (Wildman–Crippen LogP) is 0.919. The fourth-order valence-electron chi connectivity index (χ4n) is 1.62. The zero-order valence-electron chi connectivity index (χ0n) is 12.3. The lowest BCUT2D eigenvalue weighted by Gasteiger charge is -2.16. The van der Waals surface area contributed by atoms with Crippen molar-refractivity contribution in [2.24, 2.45) is 5.73 Å². The fourth-order valence-corrected chi connectivity index (χ4v) is 1.62. The molecule has 0 aromatic heterocycles. The van der Waals surface area contributed by atoms with E-state index in [4.69, 9.17) is 15.2 Å². The third kappa shape index (κ3) is 4.06. The molecule has 8 heteroatoms. The highest BCUT2D eigenvalue weighted by Crippen LogP contribution is 2.34. The van der Waals surface area contributed by atoms with Gasteiger partial charge in [-0.25, -0.2) is 0 Å². The van der Waals surface area contributed by atoms with E-state index in [1.165, 1.54) is 24.1 Å². The summed E-state index contributed by atoms with van der Waals surface area (Å²) >= 11 is 0. The van der Waals surface area contributed by atoms with Gasteiger partial charge in [-0.2, -0.15) is 0 Å². The number of nitro benzene ring substituents is 1. The summed E-state index contributed by atoms with van der Waals surface area (Å²) in [7, 11) is 3.05. The molecule has 0 heterocycles. The first-order valence-electron chi connectivity index (χ1n) is 6.36. The molecule has 1 aromatic carbocycles. The van der Waals surface area contributed by atoms with Crippen LogP contribution in [-0.2, 0) is 11.3 Å². The molecule has 0 aliphatic carbocycles. The van der Waals surface area contributed by atoms with E-state index >= 15 is 0 Å². The first kappa shape index (κ1) is 16.7. The topological polar surface area (TPSA) is 108 Å². The molecule has 0 bridgehead atoms. The minimum absolute atomic E-state index is 0.00442. The minimum atomic E-state index is -0.547. The Kier molecular flexibility index (Phi) is 5.92. The predicted molar refractivity (Wildman–Crippen MR) is 76.3 cm³/mol. The van der Waals surface area contributed by atoms with Gasteiger partial charge in [0.05, 0.1) is 18.1 Å². The maximum atomic E-state index is 11.7. The molecular weight excluding hydrogens is 278 g/mol. The Hall–Kier alpha value is -2.35. The van der Waals surface area contributed by atoms with Gasteiger partial charge in [0.1, 0.15) is 0 Å². The lowest BCUT2D eigenvalue weighted by molar-refractivity contribution is -0.385. The van der Waals surface area contributed by atoms with Gasteiger partial charge in [-0.05, 0) is 13.0 Å². The van der Waals surface area contributed by atoms with Crippen LogP contribution < -0.4 is 15.2 Å². The second-order valence-corrected chi connectivity index (χ2v) is 4.29. The van der Waals surface area contributed by atoms with Crippen LogP contribution in [0.4, 0.5) is 5.69 Å². The van der Waals surface area contributed by atoms with Crippen molar-refractivity contribution in [1.29, 1.82) is 0 Å². The SMILES string of the molecule is CCN(C)C(=O)COc1cc([N+](=O)[O-])c(CN)cc1OC. The lowest BCUT2D eigenvalue weighted by atomic mass is 10.1. The molecule has 0 spiro atoms. The summed E-state index contributed by atoms with van der Waals surface area (Å²) < 4.78 is 10.5. The number of nitrogens with zero attached hydrogens (tertiary/aromatic N) is 2. The van der Waals surface area contributed by atoms with Crippen LogP contribution in [0.15, 0.2) is 12.1 Å². The standard InChI is InChI=1S/C13H19N3O5/c1-4-15(2)13(17)8-21-12-6-10(16(18)19)9(7-14)5-11(12)20-3/h5-6H,4,7-8,14H2,1-3H3. The summed E-state index contributed by atoms with van der Waals surface area (Å²) in [4.78, 5) is 23.6. The molecule has 0 atom stereocenters. The van der Waals surface area contributed by atoms with Crippen molar-refractivity contribution in [3.63, 3.8) is 0 Å². The van der Waals surface area contributed by atoms with Crippen molar-refractivity contribution in [1.82, 2.24) is 4.90 Å². The second kappa shape index (κ2) is 7.44. The van der Waals surface area contributed by atoms with E-state index in [2.05, 4.69) is 0 Å². The first-order chi connectivity index (χ1) is 9.94. The van der Waals surface area contributed by atoms with E-state index in [-0.39, 0.29) is 30.5 Å². The van der Waals surface area contributed by atoms with Gasteiger partial charge in [0.15, 0.2) is 18.1 Å². The molecule has 2 N–H and O–H groups in total.